The molecule has 2 heterocycles. The number of aromatic hydroxyl groups is 1. The third-order valence-corrected chi connectivity index (χ3v) is 4.27. The number of nitrogens with one attached hydrogen (secondary N) is 1. The number of phenolic OH excluding ortho intramolecular Hbond substituents is 1. The van der Waals surface area contributed by atoms with Crippen molar-refractivity contribution in [2.75, 3.05) is 5.32 Å². The second-order valence-electron chi connectivity index (χ2n) is 5.85. The molecule has 1 aliphatic rings. The fourth-order valence-electron chi connectivity index (χ4n) is 2.67. The first-order valence-corrected chi connectivity index (χ1v) is 8.35. The smallest absolute Gasteiger partial charge is 0.507 e. The van der Waals surface area contributed by atoms with Crippen molar-refractivity contribution in [2.45, 2.75) is 6.29 Å². The molecule has 6 nitrogen and oxygen atoms in total. The van der Waals surface area contributed by atoms with Crippen molar-refractivity contribution in [3.63, 3.8) is 0 Å². The average Bonchev–Trinajstić information content (AvgIpc) is 2.95. The van der Waals surface area contributed by atoms with Crippen molar-refractivity contribution in [1.82, 2.24) is 4.98 Å². The number of phenols is 1. The number of anilines is 1. The molecule has 0 saturated carbocycles. The van der Waals surface area contributed by atoms with Crippen molar-refractivity contribution < 1.29 is 28.2 Å². The number of halogens is 3. The SMILES string of the molecule is O=C(Nc1ccc(-c2cc3c(cc2Cl)OC(F)(F)O3)cn1)c1ccccc1O. The number of fused-ring (bicyclic) bond motifs is 1. The number of nitrogens with zero attached hydrogens (tertiary/aromatic N) is 1. The van der Waals surface area contributed by atoms with Gasteiger partial charge in [0.2, 0.25) is 0 Å². The molecule has 2 aromatic carbocycles. The van der Waals surface area contributed by atoms with Crippen LogP contribution in [0.1, 0.15) is 10.4 Å². The van der Waals surface area contributed by atoms with Crippen LogP contribution in [-0.2, 0) is 0 Å². The van der Waals surface area contributed by atoms with Gasteiger partial charge in [-0.2, -0.15) is 0 Å². The highest BCUT2D eigenvalue weighted by Gasteiger charge is 2.43. The van der Waals surface area contributed by atoms with Gasteiger partial charge in [-0.15, -0.1) is 8.78 Å². The maximum atomic E-state index is 13.2. The van der Waals surface area contributed by atoms with Gasteiger partial charge in [-0.05, 0) is 30.3 Å². The summed E-state index contributed by atoms with van der Waals surface area (Å²) < 4.78 is 35.2. The van der Waals surface area contributed by atoms with E-state index in [1.807, 2.05) is 0 Å². The lowest BCUT2D eigenvalue weighted by molar-refractivity contribution is -0.286. The van der Waals surface area contributed by atoms with E-state index < -0.39 is 12.2 Å². The second kappa shape index (κ2) is 6.65. The van der Waals surface area contributed by atoms with Crippen molar-refractivity contribution in [2.24, 2.45) is 0 Å². The largest absolute Gasteiger partial charge is 0.586 e. The standard InChI is InChI=1S/C19H11ClF2N2O4/c20-13-8-16-15(27-19(21,22)28-16)7-12(13)10-5-6-17(23-9-10)24-18(26)11-3-1-2-4-14(11)25/h1-9,25H,(H,23,24,26). The van der Waals surface area contributed by atoms with Gasteiger partial charge in [-0.25, -0.2) is 4.98 Å². The Morgan fingerprint density at radius 3 is 2.50 bits per heavy atom. The highest BCUT2D eigenvalue weighted by Crippen LogP contribution is 2.46. The number of carbonyl (C=O) groups is 1. The number of amides is 1. The summed E-state index contributed by atoms with van der Waals surface area (Å²) in [6, 6.07) is 11.8. The Kier molecular flexibility index (Phi) is 4.27. The minimum absolute atomic E-state index is 0.105. The zero-order valence-corrected chi connectivity index (χ0v) is 14.7. The third-order valence-electron chi connectivity index (χ3n) is 3.96. The van der Waals surface area contributed by atoms with Crippen molar-refractivity contribution in [1.29, 1.82) is 0 Å². The quantitative estimate of drug-likeness (QED) is 0.662. The van der Waals surface area contributed by atoms with Gasteiger partial charge in [0.25, 0.3) is 5.91 Å². The van der Waals surface area contributed by atoms with Gasteiger partial charge in [0.1, 0.15) is 11.6 Å². The lowest BCUT2D eigenvalue weighted by Crippen LogP contribution is -2.25. The Morgan fingerprint density at radius 2 is 1.82 bits per heavy atom. The van der Waals surface area contributed by atoms with E-state index in [-0.39, 0.29) is 33.7 Å². The van der Waals surface area contributed by atoms with Gasteiger partial charge < -0.3 is 19.9 Å². The summed E-state index contributed by atoms with van der Waals surface area (Å²) in [6.45, 7) is 0. The average molecular weight is 405 g/mol. The van der Waals surface area contributed by atoms with Crippen LogP contribution in [0.3, 0.4) is 0 Å². The number of ether oxygens (including phenoxy) is 2. The summed E-state index contributed by atoms with van der Waals surface area (Å²) in [4.78, 5) is 16.3. The van der Waals surface area contributed by atoms with Gasteiger partial charge in [-0.1, -0.05) is 23.7 Å². The van der Waals surface area contributed by atoms with E-state index in [0.29, 0.717) is 11.1 Å². The molecule has 142 valence electrons. The molecule has 1 aromatic heterocycles. The first kappa shape index (κ1) is 18.0. The van der Waals surface area contributed by atoms with Crippen molar-refractivity contribution in [3.8, 4) is 28.4 Å². The van der Waals surface area contributed by atoms with Crippen molar-refractivity contribution >= 4 is 23.3 Å². The predicted octanol–water partition coefficient (Wildman–Crippen LogP) is 4.68. The van der Waals surface area contributed by atoms with Crippen molar-refractivity contribution in [3.05, 3.63) is 65.3 Å². The molecule has 3 aromatic rings. The maximum Gasteiger partial charge on any atom is 0.586 e. The number of para-hydroxylation sites is 1. The van der Waals surface area contributed by atoms with Crippen LogP contribution in [0.2, 0.25) is 5.02 Å². The predicted molar refractivity (Wildman–Crippen MR) is 96.9 cm³/mol. The number of pyridine rings is 1. The fourth-order valence-corrected chi connectivity index (χ4v) is 2.93. The molecule has 0 atom stereocenters. The number of hydrogen-bond acceptors (Lipinski definition) is 5. The lowest BCUT2D eigenvalue weighted by Gasteiger charge is -2.08. The van der Waals surface area contributed by atoms with Crippen LogP contribution in [-0.4, -0.2) is 22.3 Å². The highest BCUT2D eigenvalue weighted by molar-refractivity contribution is 6.33. The zero-order chi connectivity index (χ0) is 19.9. The summed E-state index contributed by atoms with van der Waals surface area (Å²) in [5.74, 6) is -0.734. The van der Waals surface area contributed by atoms with Crippen LogP contribution in [0.5, 0.6) is 17.2 Å². The molecule has 0 aliphatic carbocycles. The highest BCUT2D eigenvalue weighted by atomic mass is 35.5. The number of carbonyl (C=O) groups excluding carboxylic acids is 1. The molecule has 2 N–H and O–H groups in total. The topological polar surface area (TPSA) is 80.7 Å². The number of rotatable bonds is 3. The van der Waals surface area contributed by atoms with E-state index >= 15 is 0 Å². The van der Waals surface area contributed by atoms with Crippen LogP contribution in [0, 0.1) is 0 Å². The first-order chi connectivity index (χ1) is 13.3. The number of aromatic nitrogens is 1. The van der Waals surface area contributed by atoms with Crippen LogP contribution >= 0.6 is 11.6 Å². The summed E-state index contributed by atoms with van der Waals surface area (Å²) in [6.07, 6.45) is -2.32. The Labute approximate surface area is 162 Å². The molecule has 9 heteroatoms. The molecule has 28 heavy (non-hydrogen) atoms. The fraction of sp³-hybridized carbons (Fsp3) is 0.0526. The molecule has 4 rings (SSSR count). The summed E-state index contributed by atoms with van der Waals surface area (Å²) in [5.41, 5.74) is 1.04. The first-order valence-electron chi connectivity index (χ1n) is 7.97. The minimum atomic E-state index is -3.74. The molecule has 0 spiro atoms. The number of hydrogen-bond donors (Lipinski definition) is 2. The Balaban J connectivity index is 1.56. The van der Waals surface area contributed by atoms with Gasteiger partial charge >= 0.3 is 6.29 Å². The molecule has 0 fully saturated rings. The lowest BCUT2D eigenvalue weighted by atomic mass is 10.1. The number of alkyl halides is 2. The van der Waals surface area contributed by atoms with E-state index in [9.17, 15) is 18.7 Å². The van der Waals surface area contributed by atoms with E-state index in [4.69, 9.17) is 11.6 Å². The Hall–Kier alpha value is -3.39. The Bertz CT molecular complexity index is 1070. The molecule has 0 saturated heterocycles. The molecule has 0 radical (unpaired) electrons. The van der Waals surface area contributed by atoms with Crippen LogP contribution in [0.4, 0.5) is 14.6 Å². The summed E-state index contributed by atoms with van der Waals surface area (Å²) >= 11 is 6.15. The minimum Gasteiger partial charge on any atom is -0.507 e. The second-order valence-corrected chi connectivity index (χ2v) is 6.26. The van der Waals surface area contributed by atoms with Crippen LogP contribution < -0.4 is 14.8 Å². The molecule has 1 aliphatic heterocycles. The third kappa shape index (κ3) is 3.41. The van der Waals surface area contributed by atoms with E-state index in [1.165, 1.54) is 36.5 Å². The van der Waals surface area contributed by atoms with Crippen LogP contribution in [0.25, 0.3) is 11.1 Å². The van der Waals surface area contributed by atoms with Gasteiger partial charge in [0, 0.05) is 23.4 Å². The van der Waals surface area contributed by atoms with Crippen LogP contribution in [0.15, 0.2) is 54.7 Å². The van der Waals surface area contributed by atoms with E-state index in [2.05, 4.69) is 19.8 Å². The normalized spacial score (nSPS) is 14.0. The maximum absolute atomic E-state index is 13.2. The summed E-state index contributed by atoms with van der Waals surface area (Å²) in [7, 11) is 0. The molecular formula is C19H11ClF2N2O4. The molecular weight excluding hydrogens is 394 g/mol. The summed E-state index contributed by atoms with van der Waals surface area (Å²) in [5, 5.41) is 12.5. The van der Waals surface area contributed by atoms with E-state index in [1.54, 1.807) is 18.2 Å². The van der Waals surface area contributed by atoms with Gasteiger partial charge in [0.15, 0.2) is 11.5 Å². The Morgan fingerprint density at radius 1 is 1.11 bits per heavy atom. The zero-order valence-electron chi connectivity index (χ0n) is 13.9. The monoisotopic (exact) mass is 404 g/mol. The molecule has 0 unspecified atom stereocenters. The van der Waals surface area contributed by atoms with E-state index in [0.717, 1.165) is 0 Å². The number of benzene rings is 2. The van der Waals surface area contributed by atoms with Gasteiger partial charge in [-0.3, -0.25) is 4.79 Å². The molecule has 0 bridgehead atoms. The molecule has 1 amide bonds. The van der Waals surface area contributed by atoms with Gasteiger partial charge in [0.05, 0.1) is 10.6 Å².